The summed E-state index contributed by atoms with van der Waals surface area (Å²) in [4.78, 5) is 24.9. The molecule has 0 aromatic heterocycles. The number of carbonyl (C=O) groups excluding carboxylic acids is 2. The zero-order valence-corrected chi connectivity index (χ0v) is 12.2. The fourth-order valence-electron chi connectivity index (χ4n) is 2.25. The fourth-order valence-corrected chi connectivity index (χ4v) is 2.25. The molecule has 0 saturated carbocycles. The molecule has 3 amide bonds. The number of imide groups is 1. The van der Waals surface area contributed by atoms with Crippen LogP contribution in [0, 0.1) is 0 Å². The van der Waals surface area contributed by atoms with Crippen molar-refractivity contribution in [2.24, 2.45) is 0 Å². The van der Waals surface area contributed by atoms with Crippen molar-refractivity contribution in [2.45, 2.75) is 45.2 Å². The lowest BCUT2D eigenvalue weighted by Gasteiger charge is -2.29. The van der Waals surface area contributed by atoms with E-state index in [0.29, 0.717) is 25.0 Å². The third kappa shape index (κ3) is 6.02. The van der Waals surface area contributed by atoms with E-state index in [1.165, 1.54) is 19.9 Å². The minimum atomic E-state index is -0.446. The topological polar surface area (TPSA) is 73.5 Å². The molecule has 1 saturated heterocycles. The van der Waals surface area contributed by atoms with Gasteiger partial charge in [0.15, 0.2) is 0 Å². The van der Waals surface area contributed by atoms with Crippen molar-refractivity contribution in [1.29, 1.82) is 0 Å². The Bertz CT molecular complexity index is 301. The summed E-state index contributed by atoms with van der Waals surface area (Å²) in [5.41, 5.74) is 0. The van der Waals surface area contributed by atoms with Gasteiger partial charge in [0.1, 0.15) is 0 Å². The number of urea groups is 1. The Hall–Kier alpha value is -1.14. The van der Waals surface area contributed by atoms with E-state index < -0.39 is 6.03 Å². The summed E-state index contributed by atoms with van der Waals surface area (Å²) >= 11 is 0. The van der Waals surface area contributed by atoms with E-state index in [4.69, 9.17) is 0 Å². The molecule has 0 bridgehead atoms. The smallest absolute Gasteiger partial charge is 0.321 e. The Labute approximate surface area is 115 Å². The van der Waals surface area contributed by atoms with Crippen LogP contribution in [0.2, 0.25) is 0 Å². The van der Waals surface area contributed by atoms with E-state index in [9.17, 15) is 9.59 Å². The van der Waals surface area contributed by atoms with Crippen LogP contribution in [0.5, 0.6) is 0 Å². The van der Waals surface area contributed by atoms with Crippen molar-refractivity contribution < 1.29 is 9.59 Å². The molecule has 1 unspecified atom stereocenters. The van der Waals surface area contributed by atoms with E-state index in [1.807, 2.05) is 0 Å². The number of amides is 3. The van der Waals surface area contributed by atoms with Crippen LogP contribution in [-0.2, 0) is 4.79 Å². The molecule has 0 aliphatic carbocycles. The van der Waals surface area contributed by atoms with Crippen LogP contribution in [0.3, 0.4) is 0 Å². The highest BCUT2D eigenvalue weighted by Gasteiger charge is 2.20. The minimum absolute atomic E-state index is 0.232. The van der Waals surface area contributed by atoms with Crippen LogP contribution in [-0.4, -0.2) is 55.6 Å². The molecule has 6 heteroatoms. The van der Waals surface area contributed by atoms with Crippen molar-refractivity contribution in [3.05, 3.63) is 0 Å². The van der Waals surface area contributed by atoms with Crippen LogP contribution < -0.4 is 16.0 Å². The van der Waals surface area contributed by atoms with E-state index in [1.54, 1.807) is 0 Å². The maximum absolute atomic E-state index is 11.6. The third-order valence-corrected chi connectivity index (χ3v) is 3.45. The summed E-state index contributed by atoms with van der Waals surface area (Å²) in [6.45, 7) is 6.99. The van der Waals surface area contributed by atoms with Crippen molar-refractivity contribution in [2.75, 3.05) is 26.7 Å². The maximum Gasteiger partial charge on any atom is 0.321 e. The van der Waals surface area contributed by atoms with Gasteiger partial charge in [-0.15, -0.1) is 0 Å². The van der Waals surface area contributed by atoms with Gasteiger partial charge >= 0.3 is 6.03 Å². The van der Waals surface area contributed by atoms with Gasteiger partial charge in [-0.2, -0.15) is 0 Å². The lowest BCUT2D eigenvalue weighted by atomic mass is 10.2. The SMILES string of the molecule is CNC(=O)NC(=O)CCN(CC1CCCN1)C(C)C. The lowest BCUT2D eigenvalue weighted by molar-refractivity contribution is -0.120. The largest absolute Gasteiger partial charge is 0.341 e. The van der Waals surface area contributed by atoms with Gasteiger partial charge < -0.3 is 10.6 Å². The zero-order valence-electron chi connectivity index (χ0n) is 12.2. The molecule has 0 aromatic rings. The molecule has 110 valence electrons. The molecule has 1 fully saturated rings. The second-order valence-corrected chi connectivity index (χ2v) is 5.26. The molecular formula is C13H26N4O2. The normalized spacial score (nSPS) is 18.9. The summed E-state index contributed by atoms with van der Waals surface area (Å²) < 4.78 is 0. The number of nitrogens with one attached hydrogen (secondary N) is 3. The molecule has 0 spiro atoms. The van der Waals surface area contributed by atoms with Gasteiger partial charge in [-0.25, -0.2) is 4.79 Å². The molecule has 1 rings (SSSR count). The standard InChI is InChI=1S/C13H26N4O2/c1-10(2)17(9-11-5-4-7-15-11)8-6-12(18)16-13(19)14-3/h10-11,15H,4-9H2,1-3H3,(H2,14,16,18,19). The monoisotopic (exact) mass is 270 g/mol. The van der Waals surface area contributed by atoms with Crippen LogP contribution in [0.15, 0.2) is 0 Å². The summed E-state index contributed by atoms with van der Waals surface area (Å²) in [5, 5.41) is 8.12. The Kier molecular flexibility index (Phi) is 6.80. The lowest BCUT2D eigenvalue weighted by Crippen LogP contribution is -2.44. The average molecular weight is 270 g/mol. The number of carbonyl (C=O) groups is 2. The summed E-state index contributed by atoms with van der Waals surface area (Å²) in [6.07, 6.45) is 2.78. The number of rotatable bonds is 6. The number of nitrogens with zero attached hydrogens (tertiary/aromatic N) is 1. The van der Waals surface area contributed by atoms with Gasteiger partial charge in [-0.1, -0.05) is 0 Å². The van der Waals surface area contributed by atoms with Crippen LogP contribution in [0.4, 0.5) is 4.79 Å². The van der Waals surface area contributed by atoms with Crippen molar-refractivity contribution in [3.63, 3.8) is 0 Å². The molecule has 1 aliphatic rings. The highest BCUT2D eigenvalue weighted by molar-refractivity contribution is 5.94. The first kappa shape index (κ1) is 15.9. The van der Waals surface area contributed by atoms with Gasteiger partial charge in [-0.05, 0) is 33.2 Å². The van der Waals surface area contributed by atoms with E-state index in [2.05, 4.69) is 34.7 Å². The molecule has 0 aromatic carbocycles. The predicted molar refractivity (Wildman–Crippen MR) is 74.9 cm³/mol. The quantitative estimate of drug-likeness (QED) is 0.649. The Balaban J connectivity index is 2.32. The molecule has 0 radical (unpaired) electrons. The molecule has 1 heterocycles. The Morgan fingerprint density at radius 3 is 2.68 bits per heavy atom. The summed E-state index contributed by atoms with van der Waals surface area (Å²) in [6, 6.07) is 0.484. The first-order chi connectivity index (χ1) is 9.02. The van der Waals surface area contributed by atoms with Gasteiger partial charge in [0.25, 0.3) is 0 Å². The van der Waals surface area contributed by atoms with Gasteiger partial charge in [0.05, 0.1) is 0 Å². The predicted octanol–water partition coefficient (Wildman–Crippen LogP) is 0.295. The van der Waals surface area contributed by atoms with Gasteiger partial charge in [-0.3, -0.25) is 15.0 Å². The molecular weight excluding hydrogens is 244 g/mol. The molecule has 19 heavy (non-hydrogen) atoms. The van der Waals surface area contributed by atoms with Crippen molar-refractivity contribution >= 4 is 11.9 Å². The molecule has 6 nitrogen and oxygen atoms in total. The Morgan fingerprint density at radius 1 is 1.42 bits per heavy atom. The zero-order chi connectivity index (χ0) is 14.3. The van der Waals surface area contributed by atoms with Crippen molar-refractivity contribution in [1.82, 2.24) is 20.9 Å². The van der Waals surface area contributed by atoms with Gasteiger partial charge in [0, 0.05) is 38.6 Å². The number of hydrogen-bond acceptors (Lipinski definition) is 4. The molecule has 1 atom stereocenters. The first-order valence-corrected chi connectivity index (χ1v) is 7.02. The van der Waals surface area contributed by atoms with Crippen LogP contribution >= 0.6 is 0 Å². The van der Waals surface area contributed by atoms with E-state index >= 15 is 0 Å². The van der Waals surface area contributed by atoms with Crippen LogP contribution in [0.1, 0.15) is 33.1 Å². The fraction of sp³-hybridized carbons (Fsp3) is 0.846. The summed E-state index contributed by atoms with van der Waals surface area (Å²) in [5.74, 6) is -0.232. The minimum Gasteiger partial charge on any atom is -0.341 e. The highest BCUT2D eigenvalue weighted by atomic mass is 16.2. The second kappa shape index (κ2) is 8.12. The Morgan fingerprint density at radius 2 is 2.16 bits per heavy atom. The maximum atomic E-state index is 11.6. The third-order valence-electron chi connectivity index (χ3n) is 3.45. The molecule has 1 aliphatic heterocycles. The van der Waals surface area contributed by atoms with Gasteiger partial charge in [0.2, 0.25) is 5.91 Å². The number of hydrogen-bond donors (Lipinski definition) is 3. The average Bonchev–Trinajstić information content (AvgIpc) is 2.86. The summed E-state index contributed by atoms with van der Waals surface area (Å²) in [7, 11) is 1.49. The highest BCUT2D eigenvalue weighted by Crippen LogP contribution is 2.09. The first-order valence-electron chi connectivity index (χ1n) is 7.02. The van der Waals surface area contributed by atoms with Crippen molar-refractivity contribution in [3.8, 4) is 0 Å². The van der Waals surface area contributed by atoms with E-state index in [0.717, 1.165) is 13.1 Å². The van der Waals surface area contributed by atoms with E-state index in [-0.39, 0.29) is 5.91 Å². The molecule has 3 N–H and O–H groups in total. The second-order valence-electron chi connectivity index (χ2n) is 5.26. The van der Waals surface area contributed by atoms with Crippen LogP contribution in [0.25, 0.3) is 0 Å².